The van der Waals surface area contributed by atoms with Crippen molar-refractivity contribution in [2.45, 2.75) is 13.3 Å². The monoisotopic (exact) mass is 305 g/mol. The van der Waals surface area contributed by atoms with Crippen LogP contribution in [0.3, 0.4) is 0 Å². The topological polar surface area (TPSA) is 61.4 Å². The van der Waals surface area contributed by atoms with Gasteiger partial charge in [-0.15, -0.1) is 0 Å². The van der Waals surface area contributed by atoms with Gasteiger partial charge >= 0.3 is 6.03 Å². The Morgan fingerprint density at radius 1 is 1.38 bits per heavy atom. The van der Waals surface area contributed by atoms with E-state index >= 15 is 0 Å². The molecule has 0 unspecified atom stereocenters. The van der Waals surface area contributed by atoms with Crippen molar-refractivity contribution in [2.75, 3.05) is 37.6 Å². The lowest BCUT2D eigenvalue weighted by molar-refractivity contribution is 0.194. The first-order valence-electron chi connectivity index (χ1n) is 7.27. The number of nitrogens with zero attached hydrogens (tertiary/aromatic N) is 4. The van der Waals surface area contributed by atoms with Crippen LogP contribution in [0.2, 0.25) is 0 Å². The Morgan fingerprint density at radius 2 is 2.19 bits per heavy atom. The fourth-order valence-electron chi connectivity index (χ4n) is 2.34. The highest BCUT2D eigenvalue weighted by molar-refractivity contribution is 7.21. The number of aromatic nitrogens is 2. The molecule has 1 N–H and O–H groups in total. The average Bonchev–Trinajstić information content (AvgIpc) is 2.96. The summed E-state index contributed by atoms with van der Waals surface area (Å²) in [6.45, 7) is 5.90. The Bertz CT molecular complexity index is 588. The molecule has 3 rings (SSSR count). The van der Waals surface area contributed by atoms with Crippen LogP contribution in [0.5, 0.6) is 0 Å². The maximum Gasteiger partial charge on any atom is 0.317 e. The minimum Gasteiger partial charge on any atom is -0.344 e. The summed E-state index contributed by atoms with van der Waals surface area (Å²) in [5, 5.41) is 3.92. The second kappa shape index (κ2) is 6.26. The van der Waals surface area contributed by atoms with Crippen molar-refractivity contribution in [2.24, 2.45) is 0 Å². The number of pyridine rings is 1. The van der Waals surface area contributed by atoms with Gasteiger partial charge in [0.05, 0.1) is 0 Å². The van der Waals surface area contributed by atoms with Crippen LogP contribution >= 0.6 is 11.3 Å². The van der Waals surface area contributed by atoms with Crippen molar-refractivity contribution >= 4 is 32.8 Å². The van der Waals surface area contributed by atoms with Crippen LogP contribution in [-0.2, 0) is 0 Å². The molecule has 2 aromatic heterocycles. The molecule has 1 saturated heterocycles. The number of amides is 2. The predicted octanol–water partition coefficient (Wildman–Crippen LogP) is 1.93. The van der Waals surface area contributed by atoms with Gasteiger partial charge in [-0.1, -0.05) is 18.3 Å². The Labute approximate surface area is 127 Å². The highest BCUT2D eigenvalue weighted by Gasteiger charge is 2.22. The number of rotatable bonds is 3. The van der Waals surface area contributed by atoms with Crippen LogP contribution in [0.25, 0.3) is 10.3 Å². The number of thiazole rings is 1. The summed E-state index contributed by atoms with van der Waals surface area (Å²) >= 11 is 1.61. The molecule has 112 valence electrons. The van der Waals surface area contributed by atoms with Gasteiger partial charge in [0.2, 0.25) is 0 Å². The molecule has 1 aliphatic rings. The van der Waals surface area contributed by atoms with E-state index in [0.29, 0.717) is 0 Å². The van der Waals surface area contributed by atoms with Gasteiger partial charge in [0.15, 0.2) is 5.13 Å². The van der Waals surface area contributed by atoms with Crippen molar-refractivity contribution in [3.63, 3.8) is 0 Å². The molecule has 0 atom stereocenters. The van der Waals surface area contributed by atoms with Gasteiger partial charge in [-0.3, -0.25) is 0 Å². The highest BCUT2D eigenvalue weighted by atomic mass is 32.1. The Kier molecular flexibility index (Phi) is 4.19. The number of hydrogen-bond donors (Lipinski definition) is 1. The third-order valence-corrected chi connectivity index (χ3v) is 4.56. The van der Waals surface area contributed by atoms with E-state index in [1.54, 1.807) is 17.5 Å². The number of carbonyl (C=O) groups excluding carboxylic acids is 1. The highest BCUT2D eigenvalue weighted by Crippen LogP contribution is 2.27. The first-order chi connectivity index (χ1) is 10.3. The minimum atomic E-state index is 0.0440. The van der Waals surface area contributed by atoms with Gasteiger partial charge in [0.1, 0.15) is 10.3 Å². The fraction of sp³-hybridized carbons (Fsp3) is 0.500. The van der Waals surface area contributed by atoms with Crippen LogP contribution < -0.4 is 10.2 Å². The van der Waals surface area contributed by atoms with E-state index in [1.807, 2.05) is 17.0 Å². The maximum absolute atomic E-state index is 11.9. The number of fused-ring (bicyclic) bond motifs is 1. The van der Waals surface area contributed by atoms with Crippen LogP contribution in [0.1, 0.15) is 13.3 Å². The zero-order valence-electron chi connectivity index (χ0n) is 12.1. The molecule has 3 heterocycles. The second-order valence-electron chi connectivity index (χ2n) is 5.03. The van der Waals surface area contributed by atoms with Gasteiger partial charge < -0.3 is 15.1 Å². The van der Waals surface area contributed by atoms with Crippen LogP contribution in [0.4, 0.5) is 9.93 Å². The van der Waals surface area contributed by atoms with E-state index < -0.39 is 0 Å². The molecule has 2 aromatic rings. The standard InChI is InChI=1S/C14H19N5OS/c1-2-5-16-13(20)18-7-9-19(10-8-18)14-17-11-4-3-6-15-12(11)21-14/h3-4,6H,2,5,7-10H2,1H3,(H,16,20). The largest absolute Gasteiger partial charge is 0.344 e. The summed E-state index contributed by atoms with van der Waals surface area (Å²) < 4.78 is 0. The molecule has 1 fully saturated rings. The molecule has 0 aliphatic carbocycles. The molecule has 0 bridgehead atoms. The smallest absolute Gasteiger partial charge is 0.317 e. The van der Waals surface area contributed by atoms with Crippen molar-refractivity contribution in [3.8, 4) is 0 Å². The zero-order valence-corrected chi connectivity index (χ0v) is 12.9. The molecule has 0 radical (unpaired) electrons. The molecule has 0 spiro atoms. The molecule has 6 nitrogen and oxygen atoms in total. The quantitative estimate of drug-likeness (QED) is 0.941. The molecular weight excluding hydrogens is 286 g/mol. The van der Waals surface area contributed by atoms with E-state index in [4.69, 9.17) is 0 Å². The van der Waals surface area contributed by atoms with E-state index in [9.17, 15) is 4.79 Å². The third-order valence-electron chi connectivity index (χ3n) is 3.52. The van der Waals surface area contributed by atoms with Gasteiger partial charge in [0, 0.05) is 38.9 Å². The number of anilines is 1. The van der Waals surface area contributed by atoms with Crippen LogP contribution in [0, 0.1) is 0 Å². The molecule has 2 amide bonds. The summed E-state index contributed by atoms with van der Waals surface area (Å²) in [6, 6.07) is 3.93. The van der Waals surface area contributed by atoms with Crippen molar-refractivity contribution in [3.05, 3.63) is 18.3 Å². The second-order valence-corrected chi connectivity index (χ2v) is 5.99. The normalized spacial score (nSPS) is 15.5. The van der Waals surface area contributed by atoms with Gasteiger partial charge in [-0.25, -0.2) is 14.8 Å². The van der Waals surface area contributed by atoms with Gasteiger partial charge in [-0.2, -0.15) is 0 Å². The molecule has 1 aliphatic heterocycles. The molecular formula is C14H19N5OS. The molecule has 0 aromatic carbocycles. The van der Waals surface area contributed by atoms with Crippen molar-refractivity contribution < 1.29 is 4.79 Å². The maximum atomic E-state index is 11.9. The lowest BCUT2D eigenvalue weighted by Crippen LogP contribution is -2.52. The van der Waals surface area contributed by atoms with E-state index in [2.05, 4.69) is 27.1 Å². The third kappa shape index (κ3) is 3.07. The number of urea groups is 1. The molecule has 7 heteroatoms. The van der Waals surface area contributed by atoms with E-state index in [0.717, 1.165) is 54.6 Å². The Morgan fingerprint density at radius 3 is 2.90 bits per heavy atom. The number of carbonyl (C=O) groups is 1. The van der Waals surface area contributed by atoms with Crippen LogP contribution in [0.15, 0.2) is 18.3 Å². The molecule has 0 saturated carbocycles. The summed E-state index contributed by atoms with van der Waals surface area (Å²) in [6.07, 6.45) is 2.75. The fourth-order valence-corrected chi connectivity index (χ4v) is 3.30. The Hall–Kier alpha value is -1.89. The predicted molar refractivity (Wildman–Crippen MR) is 84.9 cm³/mol. The summed E-state index contributed by atoms with van der Waals surface area (Å²) in [5.74, 6) is 0. The summed E-state index contributed by atoms with van der Waals surface area (Å²) in [7, 11) is 0. The average molecular weight is 305 g/mol. The Balaban J connectivity index is 1.61. The minimum absolute atomic E-state index is 0.0440. The van der Waals surface area contributed by atoms with E-state index in [-0.39, 0.29) is 6.03 Å². The van der Waals surface area contributed by atoms with Gasteiger partial charge in [-0.05, 0) is 18.6 Å². The SMILES string of the molecule is CCCNC(=O)N1CCN(c2nc3cccnc3s2)CC1. The van der Waals surface area contributed by atoms with Gasteiger partial charge in [0.25, 0.3) is 0 Å². The van der Waals surface area contributed by atoms with Crippen LogP contribution in [-0.4, -0.2) is 53.6 Å². The first kappa shape index (κ1) is 14.1. The lowest BCUT2D eigenvalue weighted by Gasteiger charge is -2.34. The number of piperazine rings is 1. The number of nitrogens with one attached hydrogen (secondary N) is 1. The van der Waals surface area contributed by atoms with Crippen molar-refractivity contribution in [1.82, 2.24) is 20.2 Å². The van der Waals surface area contributed by atoms with E-state index in [1.165, 1.54) is 0 Å². The summed E-state index contributed by atoms with van der Waals surface area (Å²) in [5.41, 5.74) is 0.945. The zero-order chi connectivity index (χ0) is 14.7. The van der Waals surface area contributed by atoms with Crippen molar-refractivity contribution in [1.29, 1.82) is 0 Å². The lowest BCUT2D eigenvalue weighted by atomic mass is 10.3. The first-order valence-corrected chi connectivity index (χ1v) is 8.09. The molecule has 21 heavy (non-hydrogen) atoms. The summed E-state index contributed by atoms with van der Waals surface area (Å²) in [4.78, 5) is 25.9. The number of hydrogen-bond acceptors (Lipinski definition) is 5.